The van der Waals surface area contributed by atoms with Crippen molar-refractivity contribution < 1.29 is 13.9 Å². The zero-order valence-corrected chi connectivity index (χ0v) is 23.7. The van der Waals surface area contributed by atoms with Gasteiger partial charge in [0.15, 0.2) is 11.2 Å². The molecule has 1 aliphatic carbocycles. The van der Waals surface area contributed by atoms with Gasteiger partial charge in [0.05, 0.1) is 6.54 Å². The maximum absolute atomic E-state index is 14.4. The van der Waals surface area contributed by atoms with Crippen LogP contribution in [0.2, 0.25) is 5.02 Å². The molecule has 4 rings (SSSR count). The summed E-state index contributed by atoms with van der Waals surface area (Å²) in [4.78, 5) is 42.8. The van der Waals surface area contributed by atoms with Crippen LogP contribution in [0.25, 0.3) is 11.2 Å². The van der Waals surface area contributed by atoms with Crippen LogP contribution in [0.5, 0.6) is 0 Å². The smallest absolute Gasteiger partial charge is 0.333 e. The average Bonchev–Trinajstić information content (AvgIpc) is 3.00. The lowest BCUT2D eigenvalue weighted by molar-refractivity contribution is -0.155. The molecule has 0 aliphatic heterocycles. The second-order valence-corrected chi connectivity index (χ2v) is 11.0. The molecule has 0 bridgehead atoms. The Balaban J connectivity index is 0.000000494. The van der Waals surface area contributed by atoms with Crippen molar-refractivity contribution in [1.82, 2.24) is 18.7 Å². The van der Waals surface area contributed by atoms with E-state index < -0.39 is 35.2 Å². The Kier molecular flexibility index (Phi) is 9.93. The number of fused-ring (bicyclic) bond motifs is 1. The molecule has 0 atom stereocenters. The molecule has 0 unspecified atom stereocenters. The van der Waals surface area contributed by atoms with Crippen molar-refractivity contribution in [3.63, 3.8) is 0 Å². The minimum absolute atomic E-state index is 0.0375. The van der Waals surface area contributed by atoms with Gasteiger partial charge in [-0.2, -0.15) is 0 Å². The molecule has 1 fully saturated rings. The van der Waals surface area contributed by atoms with Crippen molar-refractivity contribution in [3.05, 3.63) is 61.3 Å². The predicted molar refractivity (Wildman–Crippen MR) is 147 cm³/mol. The highest BCUT2D eigenvalue weighted by molar-refractivity contribution is 6.31. The van der Waals surface area contributed by atoms with E-state index in [2.05, 4.69) is 4.98 Å². The normalized spacial score (nSPS) is 14.1. The van der Waals surface area contributed by atoms with Crippen LogP contribution in [0.4, 0.5) is 4.39 Å². The van der Waals surface area contributed by atoms with Gasteiger partial charge < -0.3 is 9.30 Å². The van der Waals surface area contributed by atoms with Crippen molar-refractivity contribution in [1.29, 1.82) is 0 Å². The fourth-order valence-electron chi connectivity index (χ4n) is 4.60. The standard InChI is InChI=1S/C21H24ClFN4O4.C7H14/c1-6-25-19(29)17-18(27(20(25)30)11-16(28)31-21(3,4)5)24-12(2)26(17)10-13-14(22)8-7-9-15(13)23;1-2-4-6-7-5-3-1/h7-9H,6,10-11H2,1-5H3;1-7H2. The first kappa shape index (κ1) is 29.6. The summed E-state index contributed by atoms with van der Waals surface area (Å²) in [6, 6.07) is 4.32. The van der Waals surface area contributed by atoms with E-state index in [1.165, 1.54) is 61.6 Å². The minimum Gasteiger partial charge on any atom is -0.459 e. The number of aryl methyl sites for hydroxylation is 1. The van der Waals surface area contributed by atoms with Gasteiger partial charge in [-0.25, -0.2) is 14.2 Å². The molecule has 0 radical (unpaired) electrons. The Morgan fingerprint density at radius 3 is 2.11 bits per heavy atom. The minimum atomic E-state index is -0.740. The molecule has 2 aromatic heterocycles. The third-order valence-corrected chi connectivity index (χ3v) is 6.81. The summed E-state index contributed by atoms with van der Waals surface area (Å²) in [6.45, 7) is 8.04. The van der Waals surface area contributed by atoms with E-state index in [9.17, 15) is 18.8 Å². The highest BCUT2D eigenvalue weighted by Gasteiger charge is 2.24. The van der Waals surface area contributed by atoms with Crippen molar-refractivity contribution in [2.24, 2.45) is 0 Å². The van der Waals surface area contributed by atoms with Crippen LogP contribution in [0, 0.1) is 12.7 Å². The maximum Gasteiger partial charge on any atom is 0.333 e. The van der Waals surface area contributed by atoms with Gasteiger partial charge in [-0.3, -0.25) is 18.7 Å². The summed E-state index contributed by atoms with van der Waals surface area (Å²) in [7, 11) is 0. The summed E-state index contributed by atoms with van der Waals surface area (Å²) in [5, 5.41) is 0.208. The summed E-state index contributed by atoms with van der Waals surface area (Å²) in [6.07, 6.45) is 10.5. The van der Waals surface area contributed by atoms with Gasteiger partial charge in [-0.15, -0.1) is 0 Å². The number of nitrogens with zero attached hydrogens (tertiary/aromatic N) is 4. The third-order valence-electron chi connectivity index (χ3n) is 6.46. The number of imidazole rings is 1. The van der Waals surface area contributed by atoms with Crippen LogP contribution >= 0.6 is 11.6 Å². The topological polar surface area (TPSA) is 88.1 Å². The van der Waals surface area contributed by atoms with Crippen LogP contribution in [0.1, 0.15) is 84.0 Å². The first-order chi connectivity index (χ1) is 17.9. The predicted octanol–water partition coefficient (Wildman–Crippen LogP) is 5.60. The SMILES string of the molecule is C1CCCCCC1.CCn1c(=O)c2c(nc(C)n2Cc2c(F)cccc2Cl)n(CC(=O)OC(C)(C)C)c1=O. The van der Waals surface area contributed by atoms with Crippen molar-refractivity contribution in [3.8, 4) is 0 Å². The van der Waals surface area contributed by atoms with Gasteiger partial charge in [0.25, 0.3) is 5.56 Å². The zero-order valence-electron chi connectivity index (χ0n) is 23.0. The quantitative estimate of drug-likeness (QED) is 0.306. The number of esters is 1. The zero-order chi connectivity index (χ0) is 28.0. The Hall–Kier alpha value is -2.94. The summed E-state index contributed by atoms with van der Waals surface area (Å²) < 4.78 is 23.3. The Morgan fingerprint density at radius 2 is 1.61 bits per heavy atom. The lowest BCUT2D eigenvalue weighted by atomic mass is 10.2. The molecular weight excluding hydrogens is 511 g/mol. The number of aromatic nitrogens is 4. The lowest BCUT2D eigenvalue weighted by Crippen LogP contribution is -2.42. The lowest BCUT2D eigenvalue weighted by Gasteiger charge is -2.20. The Bertz CT molecular complexity index is 1360. The van der Waals surface area contributed by atoms with E-state index in [-0.39, 0.29) is 34.8 Å². The number of carbonyl (C=O) groups excluding carboxylic acids is 1. The average molecular weight is 549 g/mol. The van der Waals surface area contributed by atoms with Crippen LogP contribution < -0.4 is 11.2 Å². The van der Waals surface area contributed by atoms with Crippen molar-refractivity contribution in [2.75, 3.05) is 0 Å². The molecule has 10 heteroatoms. The molecule has 0 spiro atoms. The third kappa shape index (κ3) is 7.12. The van der Waals surface area contributed by atoms with E-state index in [0.717, 1.165) is 9.13 Å². The Labute approximate surface area is 227 Å². The van der Waals surface area contributed by atoms with Crippen LogP contribution in [-0.2, 0) is 29.2 Å². The van der Waals surface area contributed by atoms with E-state index in [0.29, 0.717) is 5.82 Å². The summed E-state index contributed by atoms with van der Waals surface area (Å²) in [5.74, 6) is -0.786. The van der Waals surface area contributed by atoms with Crippen LogP contribution in [0.15, 0.2) is 27.8 Å². The molecule has 208 valence electrons. The first-order valence-electron chi connectivity index (χ1n) is 13.3. The molecule has 0 saturated heterocycles. The van der Waals surface area contributed by atoms with Crippen LogP contribution in [0.3, 0.4) is 0 Å². The molecule has 38 heavy (non-hydrogen) atoms. The van der Waals surface area contributed by atoms with E-state index >= 15 is 0 Å². The second kappa shape index (κ2) is 12.7. The molecule has 8 nitrogen and oxygen atoms in total. The monoisotopic (exact) mass is 548 g/mol. The van der Waals surface area contributed by atoms with Gasteiger partial charge >= 0.3 is 11.7 Å². The number of halogens is 2. The fraction of sp³-hybridized carbons (Fsp3) is 0.571. The maximum atomic E-state index is 14.4. The molecule has 1 aromatic carbocycles. The summed E-state index contributed by atoms with van der Waals surface area (Å²) in [5.41, 5.74) is -1.66. The molecule has 1 aliphatic rings. The van der Waals surface area contributed by atoms with Crippen molar-refractivity contribution >= 4 is 28.7 Å². The van der Waals surface area contributed by atoms with Gasteiger partial charge in [-0.1, -0.05) is 62.6 Å². The van der Waals surface area contributed by atoms with Gasteiger partial charge in [-0.05, 0) is 46.8 Å². The second-order valence-electron chi connectivity index (χ2n) is 10.6. The molecule has 0 N–H and O–H groups in total. The Morgan fingerprint density at radius 1 is 1.03 bits per heavy atom. The van der Waals surface area contributed by atoms with E-state index in [1.54, 1.807) is 40.7 Å². The van der Waals surface area contributed by atoms with Crippen molar-refractivity contribution in [2.45, 2.75) is 105 Å². The molecule has 1 saturated carbocycles. The highest BCUT2D eigenvalue weighted by Crippen LogP contribution is 2.23. The molecular formula is C28H38ClFN4O4. The largest absolute Gasteiger partial charge is 0.459 e. The fourth-order valence-corrected chi connectivity index (χ4v) is 4.82. The van der Waals surface area contributed by atoms with E-state index in [1.807, 2.05) is 0 Å². The number of hydrogen-bond donors (Lipinski definition) is 0. The number of benzene rings is 1. The van der Waals surface area contributed by atoms with Gasteiger partial charge in [0, 0.05) is 17.1 Å². The van der Waals surface area contributed by atoms with Gasteiger partial charge in [0.2, 0.25) is 0 Å². The molecule has 0 amide bonds. The number of hydrogen-bond acceptors (Lipinski definition) is 5. The number of carbonyl (C=O) groups is 1. The van der Waals surface area contributed by atoms with Gasteiger partial charge in [0.1, 0.15) is 23.8 Å². The van der Waals surface area contributed by atoms with E-state index in [4.69, 9.17) is 16.3 Å². The molecule has 3 aromatic rings. The van der Waals surface area contributed by atoms with Crippen LogP contribution in [-0.4, -0.2) is 30.3 Å². The first-order valence-corrected chi connectivity index (χ1v) is 13.7. The highest BCUT2D eigenvalue weighted by atomic mass is 35.5. The number of ether oxygens (including phenoxy) is 1. The summed E-state index contributed by atoms with van der Waals surface area (Å²) >= 11 is 6.16. The molecule has 2 heterocycles. The number of rotatable bonds is 5.